The number of fused-ring (bicyclic) bond motifs is 4. The van der Waals surface area contributed by atoms with Gasteiger partial charge in [0.1, 0.15) is 0 Å². The maximum Gasteiger partial charge on any atom is 0.250 e. The number of allylic oxidation sites excluding steroid dienone is 1. The average molecular weight is 356 g/mol. The van der Waals surface area contributed by atoms with E-state index in [0.29, 0.717) is 0 Å². The molecule has 0 saturated carbocycles. The quantitative estimate of drug-likeness (QED) is 0.554. The van der Waals surface area contributed by atoms with Crippen LogP contribution in [0.5, 0.6) is 0 Å². The van der Waals surface area contributed by atoms with Gasteiger partial charge in [-0.25, -0.2) is 0 Å². The zero-order chi connectivity index (χ0) is 13.5. The lowest BCUT2D eigenvalue weighted by Gasteiger charge is -2.08. The Labute approximate surface area is 139 Å². The fourth-order valence-corrected chi connectivity index (χ4v) is 3.89. The molecule has 0 bridgehead atoms. The van der Waals surface area contributed by atoms with Crippen LogP contribution in [0.4, 0.5) is 0 Å². The molecule has 0 unspecified atom stereocenters. The minimum Gasteiger partial charge on any atom is -1.00 e. The number of hydrogen-bond acceptors (Lipinski definition) is 1. The molecule has 0 atom stereocenters. The van der Waals surface area contributed by atoms with Crippen LogP contribution in [0.15, 0.2) is 70.7 Å². The Morgan fingerprint density at radius 3 is 2.62 bits per heavy atom. The van der Waals surface area contributed by atoms with Crippen LogP contribution in [0.3, 0.4) is 0 Å². The molecule has 1 nitrogen and oxygen atoms in total. The van der Waals surface area contributed by atoms with Gasteiger partial charge < -0.3 is 17.0 Å². The van der Waals surface area contributed by atoms with Crippen molar-refractivity contribution in [3.8, 4) is 0 Å². The Morgan fingerprint density at radius 1 is 0.905 bits per heavy atom. The molecule has 0 N–H and O–H groups in total. The molecule has 104 valence electrons. The van der Waals surface area contributed by atoms with E-state index in [0.717, 1.165) is 0 Å². The number of halogens is 1. The van der Waals surface area contributed by atoms with Crippen LogP contribution in [-0.2, 0) is 0 Å². The largest absolute Gasteiger partial charge is 1.00 e. The third kappa shape index (κ3) is 2.41. The van der Waals surface area contributed by atoms with Crippen molar-refractivity contribution in [2.75, 3.05) is 0 Å². The van der Waals surface area contributed by atoms with Gasteiger partial charge >= 0.3 is 0 Å². The molecule has 2 aromatic carbocycles. The van der Waals surface area contributed by atoms with Gasteiger partial charge in [-0.05, 0) is 41.1 Å². The molecule has 0 spiro atoms. The smallest absolute Gasteiger partial charge is 0.250 e. The zero-order valence-corrected chi connectivity index (χ0v) is 14.0. The molecule has 0 amide bonds. The summed E-state index contributed by atoms with van der Waals surface area (Å²) in [5.74, 6) is 0. The van der Waals surface area contributed by atoms with Crippen molar-refractivity contribution in [2.45, 2.75) is 16.8 Å². The molecule has 0 radical (unpaired) electrons. The summed E-state index contributed by atoms with van der Waals surface area (Å²) < 4.78 is 2.20. The first-order chi connectivity index (χ1) is 9.83. The van der Waals surface area contributed by atoms with Crippen molar-refractivity contribution in [3.63, 3.8) is 0 Å². The van der Waals surface area contributed by atoms with Gasteiger partial charge in [0.15, 0.2) is 12.4 Å². The summed E-state index contributed by atoms with van der Waals surface area (Å²) >= 11 is 1.85. The summed E-state index contributed by atoms with van der Waals surface area (Å²) in [6.07, 6.45) is 4.32. The van der Waals surface area contributed by atoms with Gasteiger partial charge in [0.25, 0.3) is 0 Å². The van der Waals surface area contributed by atoms with Crippen LogP contribution in [0.2, 0.25) is 0 Å². The molecule has 4 rings (SSSR count). The fourth-order valence-electron chi connectivity index (χ4n) is 2.68. The molecular formula is C18H14BrNS. The molecule has 0 saturated heterocycles. The second-order valence-corrected chi connectivity index (χ2v) is 6.05. The van der Waals surface area contributed by atoms with E-state index in [1.807, 2.05) is 11.8 Å². The van der Waals surface area contributed by atoms with Crippen LogP contribution < -0.4 is 21.5 Å². The summed E-state index contributed by atoms with van der Waals surface area (Å²) in [4.78, 5) is 1.36. The number of aromatic nitrogens is 1. The first-order valence-electron chi connectivity index (χ1n) is 6.71. The lowest BCUT2D eigenvalue weighted by Crippen LogP contribution is -3.00. The SMILES string of the molecule is CC1=C[n+]2ccccc2Sc2c1ccc1ccccc21.[Br-]. The topological polar surface area (TPSA) is 3.88 Å². The molecule has 1 aromatic heterocycles. The zero-order valence-electron chi connectivity index (χ0n) is 11.6. The van der Waals surface area contributed by atoms with Gasteiger partial charge in [0.05, 0.1) is 0 Å². The number of pyridine rings is 1. The summed E-state index contributed by atoms with van der Waals surface area (Å²) in [5, 5.41) is 3.89. The maximum atomic E-state index is 2.24. The van der Waals surface area contributed by atoms with E-state index in [2.05, 4.69) is 78.5 Å². The minimum atomic E-state index is 0. The third-order valence-electron chi connectivity index (χ3n) is 3.69. The number of hydrogen-bond donors (Lipinski definition) is 0. The monoisotopic (exact) mass is 355 g/mol. The fraction of sp³-hybridized carbons (Fsp3) is 0.0556. The van der Waals surface area contributed by atoms with Crippen molar-refractivity contribution in [2.24, 2.45) is 0 Å². The Morgan fingerprint density at radius 2 is 1.71 bits per heavy atom. The van der Waals surface area contributed by atoms with Gasteiger partial charge in [0, 0.05) is 22.6 Å². The van der Waals surface area contributed by atoms with E-state index < -0.39 is 0 Å². The lowest BCUT2D eigenvalue weighted by molar-refractivity contribution is -0.609. The minimum absolute atomic E-state index is 0. The molecule has 3 aromatic rings. The molecule has 0 fully saturated rings. The summed E-state index contributed by atoms with van der Waals surface area (Å²) in [6, 6.07) is 19.4. The molecule has 21 heavy (non-hydrogen) atoms. The standard InChI is InChI=1S/C18H14NS.BrH/c1-13-12-19-11-5-4-8-17(19)20-18-15(13)10-9-14-6-2-3-7-16(14)18;/h2-12H,1H3;1H/q+1;/p-1. The Balaban J connectivity index is 0.00000132. The Kier molecular flexibility index (Phi) is 3.87. The van der Waals surface area contributed by atoms with Gasteiger partial charge in [0.2, 0.25) is 5.03 Å². The maximum absolute atomic E-state index is 2.24. The van der Waals surface area contributed by atoms with Crippen molar-refractivity contribution in [1.29, 1.82) is 0 Å². The summed E-state index contributed by atoms with van der Waals surface area (Å²) in [7, 11) is 0. The molecular weight excluding hydrogens is 342 g/mol. The first kappa shape index (κ1) is 14.4. The van der Waals surface area contributed by atoms with Gasteiger partial charge in [-0.2, -0.15) is 4.57 Å². The third-order valence-corrected chi connectivity index (χ3v) is 4.89. The van der Waals surface area contributed by atoms with Crippen LogP contribution >= 0.6 is 11.8 Å². The molecule has 2 heterocycles. The van der Waals surface area contributed by atoms with Crippen molar-refractivity contribution < 1.29 is 21.5 Å². The number of benzene rings is 2. The average Bonchev–Trinajstić information content (AvgIpc) is 2.63. The second kappa shape index (κ2) is 5.66. The van der Waals surface area contributed by atoms with E-state index in [-0.39, 0.29) is 17.0 Å². The Bertz CT molecular complexity index is 855. The molecule has 0 aliphatic carbocycles. The highest BCUT2D eigenvalue weighted by Gasteiger charge is 2.20. The van der Waals surface area contributed by atoms with Crippen LogP contribution in [0.1, 0.15) is 12.5 Å². The van der Waals surface area contributed by atoms with E-state index in [1.165, 1.54) is 31.8 Å². The number of rotatable bonds is 0. The van der Waals surface area contributed by atoms with Crippen molar-refractivity contribution >= 4 is 34.3 Å². The van der Waals surface area contributed by atoms with Crippen LogP contribution in [-0.4, -0.2) is 0 Å². The van der Waals surface area contributed by atoms with Crippen LogP contribution in [0, 0.1) is 0 Å². The Hall–Kier alpha value is -1.58. The van der Waals surface area contributed by atoms with Gasteiger partial charge in [-0.1, -0.05) is 36.4 Å². The van der Waals surface area contributed by atoms with E-state index in [1.54, 1.807) is 0 Å². The number of nitrogens with zero attached hydrogens (tertiary/aromatic N) is 1. The highest BCUT2D eigenvalue weighted by Crippen LogP contribution is 2.39. The van der Waals surface area contributed by atoms with E-state index in [9.17, 15) is 0 Å². The van der Waals surface area contributed by atoms with Gasteiger partial charge in [-0.3, -0.25) is 0 Å². The normalized spacial score (nSPS) is 12.7. The molecule has 1 aliphatic rings. The van der Waals surface area contributed by atoms with Gasteiger partial charge in [-0.15, -0.1) is 0 Å². The summed E-state index contributed by atoms with van der Waals surface area (Å²) in [6.45, 7) is 2.18. The van der Waals surface area contributed by atoms with E-state index >= 15 is 0 Å². The highest BCUT2D eigenvalue weighted by molar-refractivity contribution is 7.99. The van der Waals surface area contributed by atoms with Crippen LogP contribution in [0.25, 0.3) is 22.5 Å². The highest BCUT2D eigenvalue weighted by atomic mass is 79.9. The van der Waals surface area contributed by atoms with Crippen molar-refractivity contribution in [3.05, 3.63) is 66.4 Å². The lowest BCUT2D eigenvalue weighted by atomic mass is 10.0. The second-order valence-electron chi connectivity index (χ2n) is 5.02. The summed E-state index contributed by atoms with van der Waals surface area (Å²) in [5.41, 5.74) is 2.63. The molecule has 3 heteroatoms. The predicted octanol–water partition coefficient (Wildman–Crippen LogP) is 1.61. The first-order valence-corrected chi connectivity index (χ1v) is 7.53. The molecule has 1 aliphatic heterocycles. The predicted molar refractivity (Wildman–Crippen MR) is 84.5 cm³/mol. The van der Waals surface area contributed by atoms with E-state index in [4.69, 9.17) is 0 Å². The van der Waals surface area contributed by atoms with Crippen molar-refractivity contribution in [1.82, 2.24) is 0 Å².